The van der Waals surface area contributed by atoms with Crippen molar-refractivity contribution in [3.05, 3.63) is 75.4 Å². The Hall–Kier alpha value is -1.07. The Bertz CT molecular complexity index is 768. The van der Waals surface area contributed by atoms with Gasteiger partial charge in [-0.05, 0) is 74.8 Å². The lowest BCUT2D eigenvalue weighted by atomic mass is 10.0. The van der Waals surface area contributed by atoms with E-state index in [-0.39, 0.29) is 4.83 Å². The summed E-state index contributed by atoms with van der Waals surface area (Å²) in [7, 11) is 1.70. The molecule has 0 aliphatic carbocycles. The predicted molar refractivity (Wildman–Crippen MR) is 100 cm³/mol. The molecule has 3 heteroatoms. The summed E-state index contributed by atoms with van der Waals surface area (Å²) < 4.78 is 6.52. The van der Waals surface area contributed by atoms with E-state index in [9.17, 15) is 0 Å². The van der Waals surface area contributed by atoms with Crippen LogP contribution in [-0.2, 0) is 0 Å². The zero-order valence-corrected chi connectivity index (χ0v) is 15.3. The van der Waals surface area contributed by atoms with Gasteiger partial charge in [0.25, 0.3) is 0 Å². The Labute approximate surface area is 146 Å². The van der Waals surface area contributed by atoms with Gasteiger partial charge in [-0.1, -0.05) is 46.3 Å². The van der Waals surface area contributed by atoms with Crippen molar-refractivity contribution in [2.75, 3.05) is 7.11 Å². The van der Waals surface area contributed by atoms with E-state index in [0.717, 1.165) is 5.75 Å². The van der Waals surface area contributed by atoms with Gasteiger partial charge in [0.05, 0.1) is 11.9 Å². The van der Waals surface area contributed by atoms with Gasteiger partial charge in [-0.3, -0.25) is 0 Å². The number of fused-ring (bicyclic) bond motifs is 1. The first kappa shape index (κ1) is 14.9. The van der Waals surface area contributed by atoms with Crippen molar-refractivity contribution in [2.24, 2.45) is 0 Å². The van der Waals surface area contributed by atoms with Crippen molar-refractivity contribution in [1.82, 2.24) is 0 Å². The van der Waals surface area contributed by atoms with Gasteiger partial charge in [-0.15, -0.1) is 0 Å². The molecule has 3 rings (SSSR count). The van der Waals surface area contributed by atoms with Crippen LogP contribution in [0.1, 0.15) is 16.0 Å². The van der Waals surface area contributed by atoms with Crippen LogP contribution in [0, 0.1) is 3.57 Å². The molecule has 1 unspecified atom stereocenters. The quantitative estimate of drug-likeness (QED) is 0.353. The number of halogens is 2. The fourth-order valence-electron chi connectivity index (χ4n) is 2.35. The maximum Gasteiger partial charge on any atom is 0.119 e. The molecule has 3 aromatic carbocycles. The second kappa shape index (κ2) is 6.36. The molecule has 0 aliphatic rings. The van der Waals surface area contributed by atoms with E-state index in [1.165, 1.54) is 25.5 Å². The second-order valence-electron chi connectivity index (χ2n) is 4.89. The molecule has 0 bridgehead atoms. The van der Waals surface area contributed by atoms with Crippen LogP contribution in [0.5, 0.6) is 5.75 Å². The van der Waals surface area contributed by atoms with Crippen LogP contribution < -0.4 is 4.74 Å². The van der Waals surface area contributed by atoms with Gasteiger partial charge >= 0.3 is 0 Å². The smallest absolute Gasteiger partial charge is 0.119 e. The highest BCUT2D eigenvalue weighted by atomic mass is 127. The highest BCUT2D eigenvalue weighted by Gasteiger charge is 2.11. The summed E-state index contributed by atoms with van der Waals surface area (Å²) >= 11 is 6.13. The van der Waals surface area contributed by atoms with Crippen molar-refractivity contribution in [1.29, 1.82) is 0 Å². The largest absolute Gasteiger partial charge is 0.497 e. The van der Waals surface area contributed by atoms with Gasteiger partial charge in [0, 0.05) is 3.57 Å². The molecule has 0 heterocycles. The third-order valence-corrected chi connectivity index (χ3v) is 5.30. The Kier molecular flexibility index (Phi) is 4.50. The number of ether oxygens (including phenoxy) is 1. The molecule has 0 radical (unpaired) electrons. The second-order valence-corrected chi connectivity index (χ2v) is 7.05. The number of hydrogen-bond donors (Lipinski definition) is 0. The van der Waals surface area contributed by atoms with Crippen LogP contribution >= 0.6 is 38.5 Å². The number of rotatable bonds is 3. The molecule has 1 nitrogen and oxygen atoms in total. The summed E-state index contributed by atoms with van der Waals surface area (Å²) in [6.45, 7) is 0. The molecule has 0 aromatic heterocycles. The standard InChI is InChI=1S/C18H14BrIO/c1-21-17-9-6-13-10-15(3-2-14(13)11-17)18(19)12-4-7-16(20)8-5-12/h2-11,18H,1H3. The van der Waals surface area contributed by atoms with Crippen molar-refractivity contribution in [3.8, 4) is 5.75 Å². The van der Waals surface area contributed by atoms with E-state index >= 15 is 0 Å². The Morgan fingerprint density at radius 3 is 2.19 bits per heavy atom. The highest BCUT2D eigenvalue weighted by Crippen LogP contribution is 2.33. The van der Waals surface area contributed by atoms with Crippen molar-refractivity contribution in [2.45, 2.75) is 4.83 Å². The molecular weight excluding hydrogens is 439 g/mol. The van der Waals surface area contributed by atoms with Crippen molar-refractivity contribution < 1.29 is 4.74 Å². The molecule has 0 amide bonds. The van der Waals surface area contributed by atoms with Crippen LogP contribution in [-0.4, -0.2) is 7.11 Å². The first-order valence-electron chi connectivity index (χ1n) is 6.64. The molecule has 0 spiro atoms. The number of hydrogen-bond acceptors (Lipinski definition) is 1. The van der Waals surface area contributed by atoms with E-state index in [0.29, 0.717) is 0 Å². The van der Waals surface area contributed by atoms with Crippen LogP contribution in [0.25, 0.3) is 10.8 Å². The van der Waals surface area contributed by atoms with Crippen LogP contribution in [0.15, 0.2) is 60.7 Å². The average molecular weight is 453 g/mol. The predicted octanol–water partition coefficient (Wildman–Crippen LogP) is 5.94. The summed E-state index contributed by atoms with van der Waals surface area (Å²) in [4.78, 5) is 0.209. The highest BCUT2D eigenvalue weighted by molar-refractivity contribution is 14.1. The minimum Gasteiger partial charge on any atom is -0.497 e. The van der Waals surface area contributed by atoms with E-state index in [4.69, 9.17) is 4.74 Å². The number of benzene rings is 3. The Balaban J connectivity index is 1.98. The lowest BCUT2D eigenvalue weighted by Crippen LogP contribution is -1.93. The van der Waals surface area contributed by atoms with Gasteiger partial charge < -0.3 is 4.74 Å². The van der Waals surface area contributed by atoms with E-state index in [1.54, 1.807) is 7.11 Å². The third kappa shape index (κ3) is 3.24. The van der Waals surface area contributed by atoms with Gasteiger partial charge in [0.1, 0.15) is 5.75 Å². The lowest BCUT2D eigenvalue weighted by molar-refractivity contribution is 0.415. The average Bonchev–Trinajstić information content (AvgIpc) is 2.54. The maximum atomic E-state index is 5.27. The minimum absolute atomic E-state index is 0.209. The van der Waals surface area contributed by atoms with Gasteiger partial charge in [0.15, 0.2) is 0 Å². The van der Waals surface area contributed by atoms with Crippen LogP contribution in [0.2, 0.25) is 0 Å². The monoisotopic (exact) mass is 452 g/mol. The summed E-state index contributed by atoms with van der Waals surface area (Å²) in [5, 5.41) is 2.42. The molecule has 0 aliphatic heterocycles. The molecule has 21 heavy (non-hydrogen) atoms. The van der Waals surface area contributed by atoms with Crippen molar-refractivity contribution in [3.63, 3.8) is 0 Å². The topological polar surface area (TPSA) is 9.23 Å². The molecule has 1 atom stereocenters. The zero-order chi connectivity index (χ0) is 14.8. The molecule has 3 aromatic rings. The Morgan fingerprint density at radius 1 is 0.857 bits per heavy atom. The van der Waals surface area contributed by atoms with Crippen molar-refractivity contribution >= 4 is 49.3 Å². The normalized spacial score (nSPS) is 12.3. The van der Waals surface area contributed by atoms with Gasteiger partial charge in [-0.25, -0.2) is 0 Å². The first-order valence-corrected chi connectivity index (χ1v) is 8.64. The number of alkyl halides is 1. The summed E-state index contributed by atoms with van der Waals surface area (Å²) in [5.74, 6) is 0.892. The molecule has 106 valence electrons. The number of methoxy groups -OCH3 is 1. The maximum absolute atomic E-state index is 5.27. The molecular formula is C18H14BrIO. The van der Waals surface area contributed by atoms with Gasteiger partial charge in [-0.2, -0.15) is 0 Å². The third-order valence-electron chi connectivity index (χ3n) is 3.53. The fraction of sp³-hybridized carbons (Fsp3) is 0.111. The molecule has 0 saturated heterocycles. The molecule has 0 saturated carbocycles. The lowest BCUT2D eigenvalue weighted by Gasteiger charge is -2.12. The van der Waals surface area contributed by atoms with Gasteiger partial charge in [0.2, 0.25) is 0 Å². The van der Waals surface area contributed by atoms with E-state index < -0.39 is 0 Å². The Morgan fingerprint density at radius 2 is 1.48 bits per heavy atom. The first-order chi connectivity index (χ1) is 10.2. The molecule has 0 N–H and O–H groups in total. The van der Waals surface area contributed by atoms with Crippen LogP contribution in [0.4, 0.5) is 0 Å². The summed E-state index contributed by atoms with van der Waals surface area (Å²) in [5.41, 5.74) is 2.53. The van der Waals surface area contributed by atoms with Crippen LogP contribution in [0.3, 0.4) is 0 Å². The molecule has 0 fully saturated rings. The fourth-order valence-corrected chi connectivity index (χ4v) is 3.30. The summed E-state index contributed by atoms with van der Waals surface area (Å²) in [6, 6.07) is 21.3. The summed E-state index contributed by atoms with van der Waals surface area (Å²) in [6.07, 6.45) is 0. The van der Waals surface area contributed by atoms with E-state index in [2.05, 4.69) is 93.1 Å². The SMILES string of the molecule is COc1ccc2cc(C(Br)c3ccc(I)cc3)ccc2c1. The zero-order valence-electron chi connectivity index (χ0n) is 11.5. The minimum atomic E-state index is 0.209. The van der Waals surface area contributed by atoms with E-state index in [1.807, 2.05) is 6.07 Å².